The summed E-state index contributed by atoms with van der Waals surface area (Å²) in [5, 5.41) is 12.0. The summed E-state index contributed by atoms with van der Waals surface area (Å²) in [5.74, 6) is 0.799. The minimum Gasteiger partial charge on any atom is -0.384 e. The lowest BCUT2D eigenvalue weighted by atomic mass is 9.92. The highest BCUT2D eigenvalue weighted by atomic mass is 32.3. The van der Waals surface area contributed by atoms with Gasteiger partial charge in [-0.1, -0.05) is 81.1 Å². The smallest absolute Gasteiger partial charge is 0.242 e. The first-order valence-corrected chi connectivity index (χ1v) is 21.0. The number of nitrogens with one attached hydrogen (secondary N) is 4. The summed E-state index contributed by atoms with van der Waals surface area (Å²) in [6, 6.07) is -0.611. The Labute approximate surface area is 300 Å². The monoisotopic (exact) mass is 719 g/mol. The van der Waals surface area contributed by atoms with Crippen LogP contribution in [0.4, 0.5) is 0 Å². The molecule has 0 aromatic carbocycles. The lowest BCUT2D eigenvalue weighted by molar-refractivity contribution is -0.129. The maximum atomic E-state index is 13.3. The van der Waals surface area contributed by atoms with Gasteiger partial charge in [-0.15, -0.1) is 0 Å². The summed E-state index contributed by atoms with van der Waals surface area (Å²) < 4.78 is 17.2. The van der Waals surface area contributed by atoms with Crippen LogP contribution in [0.1, 0.15) is 113 Å². The summed E-state index contributed by atoms with van der Waals surface area (Å²) in [7, 11) is 0.465. The van der Waals surface area contributed by atoms with Crippen LogP contribution in [0, 0.1) is 16.2 Å². The third-order valence-electron chi connectivity index (χ3n) is 7.91. The van der Waals surface area contributed by atoms with Crippen molar-refractivity contribution in [1.29, 1.82) is 0 Å². The van der Waals surface area contributed by atoms with E-state index < -0.39 is 16.1 Å². The topological polar surface area (TPSA) is 144 Å². The number of hydrogen-bond acceptors (Lipinski definition) is 7. The molecule has 0 aliphatic carbocycles. The van der Waals surface area contributed by atoms with Crippen molar-refractivity contribution in [2.24, 2.45) is 16.2 Å². The summed E-state index contributed by atoms with van der Waals surface area (Å²) in [6.07, 6.45) is 10.8. The second kappa shape index (κ2) is 24.3. The number of ether oxygens (including phenoxy) is 3. The summed E-state index contributed by atoms with van der Waals surface area (Å²) in [5.41, 5.74) is -0.604. The predicted octanol–water partition coefficient (Wildman–Crippen LogP) is 5.15. The van der Waals surface area contributed by atoms with Gasteiger partial charge in [-0.05, 0) is 31.8 Å². The van der Waals surface area contributed by atoms with E-state index in [1.807, 2.05) is 34.6 Å². The van der Waals surface area contributed by atoms with E-state index >= 15 is 0 Å². The summed E-state index contributed by atoms with van der Waals surface area (Å²) >= 11 is 0. The molecule has 0 fully saturated rings. The quantitative estimate of drug-likeness (QED) is 0.0784. The lowest BCUT2D eigenvalue weighted by Gasteiger charge is -2.32. The van der Waals surface area contributed by atoms with Gasteiger partial charge in [0.15, 0.2) is 0 Å². The minimum absolute atomic E-state index is 0.0197. The molecule has 0 spiro atoms. The Kier molecular flexibility index (Phi) is 23.4. The first-order valence-electron chi connectivity index (χ1n) is 18.2. The van der Waals surface area contributed by atoms with E-state index in [9.17, 15) is 19.2 Å². The lowest BCUT2D eigenvalue weighted by Crippen LogP contribution is -2.49. The standard InChI is InChI=1S/C37H74N4O7S/c1-12-14-16-20-32(43)41-30(34(45)40-24-36(5,6)27-47-26-35(3,4)23-39-31(42)13-2)19-17-15-18-21-38-33(44)22-49(10,11)29-48-28-37(7,8)25-46-9/h30H,12-29H2,1-11H3,(H,38,44)(H,39,42)(H,40,45)(H,41,43)/t30-/m0/s1. The van der Waals surface area contributed by atoms with Gasteiger partial charge in [0, 0.05) is 55.8 Å². The fraction of sp³-hybridized carbons (Fsp3) is 0.892. The van der Waals surface area contributed by atoms with Crippen molar-refractivity contribution < 1.29 is 33.4 Å². The van der Waals surface area contributed by atoms with Crippen LogP contribution in [0.15, 0.2) is 0 Å². The van der Waals surface area contributed by atoms with Gasteiger partial charge in [0.05, 0.1) is 38.1 Å². The van der Waals surface area contributed by atoms with Crippen LogP contribution in [-0.4, -0.2) is 107 Å². The third kappa shape index (κ3) is 25.7. The second-order valence-electron chi connectivity index (χ2n) is 16.4. The fourth-order valence-electron chi connectivity index (χ4n) is 4.99. The Bertz CT molecular complexity index is 972. The van der Waals surface area contributed by atoms with Crippen molar-refractivity contribution in [2.45, 2.75) is 119 Å². The van der Waals surface area contributed by atoms with Gasteiger partial charge in [-0.25, -0.2) is 10.0 Å². The van der Waals surface area contributed by atoms with Crippen LogP contribution in [0.25, 0.3) is 0 Å². The van der Waals surface area contributed by atoms with E-state index in [1.54, 1.807) is 7.11 Å². The zero-order valence-electron chi connectivity index (χ0n) is 33.1. The van der Waals surface area contributed by atoms with E-state index in [0.29, 0.717) is 77.0 Å². The highest BCUT2D eigenvalue weighted by molar-refractivity contribution is 8.33. The third-order valence-corrected chi connectivity index (χ3v) is 9.76. The van der Waals surface area contributed by atoms with Gasteiger partial charge in [0.25, 0.3) is 0 Å². The van der Waals surface area contributed by atoms with Crippen molar-refractivity contribution >= 4 is 33.7 Å². The van der Waals surface area contributed by atoms with Gasteiger partial charge in [0.2, 0.25) is 23.6 Å². The summed E-state index contributed by atoms with van der Waals surface area (Å²) in [6.45, 7) is 19.9. The van der Waals surface area contributed by atoms with Gasteiger partial charge >= 0.3 is 0 Å². The van der Waals surface area contributed by atoms with Crippen molar-refractivity contribution in [3.63, 3.8) is 0 Å². The largest absolute Gasteiger partial charge is 0.384 e. The molecule has 290 valence electrons. The Balaban J connectivity index is 4.78. The molecular weight excluding hydrogens is 644 g/mol. The van der Waals surface area contributed by atoms with Gasteiger partial charge in [-0.2, -0.15) is 0 Å². The molecule has 0 aromatic rings. The molecule has 11 nitrogen and oxygen atoms in total. The normalized spacial score (nSPS) is 13.4. The molecule has 0 heterocycles. The Morgan fingerprint density at radius 1 is 0.673 bits per heavy atom. The molecule has 0 bridgehead atoms. The molecule has 4 N–H and O–H groups in total. The van der Waals surface area contributed by atoms with Gasteiger partial charge in [0.1, 0.15) is 6.04 Å². The highest BCUT2D eigenvalue weighted by Gasteiger charge is 2.26. The van der Waals surface area contributed by atoms with Crippen LogP contribution in [0.2, 0.25) is 0 Å². The molecule has 0 radical (unpaired) electrons. The maximum Gasteiger partial charge on any atom is 0.242 e. The highest BCUT2D eigenvalue weighted by Crippen LogP contribution is 2.39. The first-order chi connectivity index (χ1) is 22.8. The zero-order valence-corrected chi connectivity index (χ0v) is 33.9. The molecule has 0 saturated heterocycles. The molecule has 0 aromatic heterocycles. The van der Waals surface area contributed by atoms with Crippen molar-refractivity contribution in [3.8, 4) is 0 Å². The zero-order chi connectivity index (χ0) is 37.6. The molecule has 0 unspecified atom stereocenters. The second-order valence-corrected chi connectivity index (χ2v) is 20.5. The minimum atomic E-state index is -1.22. The van der Waals surface area contributed by atoms with Gasteiger partial charge in [-0.3, -0.25) is 19.2 Å². The van der Waals surface area contributed by atoms with E-state index in [4.69, 9.17) is 14.2 Å². The SMILES string of the molecule is CCCCCC(=O)N[C@@H](CCCCCNC(=O)CS(C)(C)COCC(C)(C)COC)C(=O)NCC(C)(C)COCC(C)(C)CNC(=O)CC. The number of unbranched alkanes of at least 4 members (excludes halogenated alkanes) is 4. The molecular formula is C37H74N4O7S. The predicted molar refractivity (Wildman–Crippen MR) is 203 cm³/mol. The molecule has 0 aliphatic heterocycles. The van der Waals surface area contributed by atoms with Crippen molar-refractivity contribution in [3.05, 3.63) is 0 Å². The van der Waals surface area contributed by atoms with E-state index in [1.165, 1.54) is 0 Å². The molecule has 4 amide bonds. The first kappa shape index (κ1) is 47.1. The maximum absolute atomic E-state index is 13.3. The van der Waals surface area contributed by atoms with E-state index in [0.717, 1.165) is 38.5 Å². The van der Waals surface area contributed by atoms with Gasteiger partial charge < -0.3 is 35.5 Å². The number of rotatable bonds is 29. The van der Waals surface area contributed by atoms with Crippen LogP contribution < -0.4 is 21.3 Å². The van der Waals surface area contributed by atoms with Crippen LogP contribution in [0.5, 0.6) is 0 Å². The van der Waals surface area contributed by atoms with Crippen molar-refractivity contribution in [1.82, 2.24) is 21.3 Å². The molecule has 1 atom stereocenters. The fourth-order valence-corrected chi connectivity index (χ4v) is 6.42. The van der Waals surface area contributed by atoms with Crippen LogP contribution >= 0.6 is 10.0 Å². The van der Waals surface area contributed by atoms with Crippen LogP contribution in [0.3, 0.4) is 0 Å². The van der Waals surface area contributed by atoms with E-state index in [-0.39, 0.29) is 39.9 Å². The average molecular weight is 719 g/mol. The summed E-state index contributed by atoms with van der Waals surface area (Å²) in [4.78, 5) is 50.2. The Hall–Kier alpha value is -1.89. The van der Waals surface area contributed by atoms with E-state index in [2.05, 4.69) is 54.5 Å². The number of carbonyl (C=O) groups excluding carboxylic acids is 4. The molecule has 12 heteroatoms. The molecule has 0 saturated carbocycles. The Morgan fingerprint density at radius 3 is 1.88 bits per heavy atom. The molecule has 0 rings (SSSR count). The van der Waals surface area contributed by atoms with Crippen molar-refractivity contribution in [2.75, 3.05) is 77.4 Å². The Morgan fingerprint density at radius 2 is 1.29 bits per heavy atom. The number of carbonyl (C=O) groups is 4. The number of methoxy groups -OCH3 is 1. The number of hydrogen-bond donors (Lipinski definition) is 4. The molecule has 0 aliphatic rings. The molecule has 49 heavy (non-hydrogen) atoms. The van der Waals surface area contributed by atoms with Crippen LogP contribution in [-0.2, 0) is 33.4 Å². The average Bonchev–Trinajstić information content (AvgIpc) is 2.99. The number of amides is 4.